The van der Waals surface area contributed by atoms with E-state index in [1.54, 1.807) is 14.2 Å². The van der Waals surface area contributed by atoms with Gasteiger partial charge in [0.15, 0.2) is 11.5 Å². The molecule has 9 heteroatoms. The molecule has 0 saturated carbocycles. The Morgan fingerprint density at radius 2 is 1.97 bits per heavy atom. The lowest BCUT2D eigenvalue weighted by atomic mass is 9.88. The summed E-state index contributed by atoms with van der Waals surface area (Å²) in [5.41, 5.74) is 4.75. The van der Waals surface area contributed by atoms with Gasteiger partial charge in [-0.15, -0.1) is 4.99 Å². The molecule has 0 amide bonds. The van der Waals surface area contributed by atoms with Crippen molar-refractivity contribution >= 4 is 16.9 Å². The molecule has 1 aromatic heterocycles. The van der Waals surface area contributed by atoms with Crippen LogP contribution in [0.5, 0.6) is 17.2 Å². The number of rotatable bonds is 7. The summed E-state index contributed by atoms with van der Waals surface area (Å²) in [5, 5.41) is 10.8. The van der Waals surface area contributed by atoms with Gasteiger partial charge in [0.25, 0.3) is 0 Å². The van der Waals surface area contributed by atoms with E-state index < -0.39 is 0 Å². The summed E-state index contributed by atoms with van der Waals surface area (Å²) in [6, 6.07) is 10.3. The van der Waals surface area contributed by atoms with Crippen molar-refractivity contribution in [3.63, 3.8) is 0 Å². The fourth-order valence-corrected chi connectivity index (χ4v) is 5.60. The van der Waals surface area contributed by atoms with E-state index in [-0.39, 0.29) is 6.04 Å². The van der Waals surface area contributed by atoms with E-state index in [1.807, 2.05) is 13.0 Å². The summed E-state index contributed by atoms with van der Waals surface area (Å²) < 4.78 is 22.7. The Balaban J connectivity index is 1.53. The average molecular weight is 518 g/mol. The van der Waals surface area contributed by atoms with Crippen molar-refractivity contribution in [3.05, 3.63) is 53.2 Å². The number of ether oxygens (including phenoxy) is 4. The molecule has 0 spiro atoms. The van der Waals surface area contributed by atoms with Crippen LogP contribution in [0.25, 0.3) is 10.9 Å². The van der Waals surface area contributed by atoms with Crippen molar-refractivity contribution in [2.45, 2.75) is 32.2 Å². The number of guanidine groups is 1. The fraction of sp³-hybridized carbons (Fsp3) is 0.448. The maximum Gasteiger partial charge on any atom is 0.213 e. The van der Waals surface area contributed by atoms with Crippen LogP contribution in [-0.2, 0) is 17.6 Å². The van der Waals surface area contributed by atoms with Gasteiger partial charge in [-0.3, -0.25) is 0 Å². The number of hydrogen-bond donors (Lipinski definition) is 1. The molecule has 38 heavy (non-hydrogen) atoms. The van der Waals surface area contributed by atoms with Crippen molar-refractivity contribution < 1.29 is 18.9 Å². The van der Waals surface area contributed by atoms with Gasteiger partial charge in [0, 0.05) is 36.7 Å². The molecule has 3 heterocycles. The number of nitriles is 1. The van der Waals surface area contributed by atoms with Crippen LogP contribution in [0.3, 0.4) is 0 Å². The Labute approximate surface area is 223 Å². The van der Waals surface area contributed by atoms with Gasteiger partial charge in [-0.05, 0) is 73.2 Å². The summed E-state index contributed by atoms with van der Waals surface area (Å²) in [5.74, 6) is 3.05. The van der Waals surface area contributed by atoms with Gasteiger partial charge in [-0.25, -0.2) is 0 Å². The highest BCUT2D eigenvalue weighted by Crippen LogP contribution is 2.41. The first-order chi connectivity index (χ1) is 18.7. The number of H-pyrrole nitrogens is 1. The molecule has 1 saturated heterocycles. The normalized spacial score (nSPS) is 17.7. The summed E-state index contributed by atoms with van der Waals surface area (Å²) in [6.07, 6.45) is 6.66. The lowest BCUT2D eigenvalue weighted by molar-refractivity contribution is 0.0595. The van der Waals surface area contributed by atoms with Crippen LogP contribution in [0.2, 0.25) is 0 Å². The maximum absolute atomic E-state index is 9.64. The van der Waals surface area contributed by atoms with Gasteiger partial charge in [0.1, 0.15) is 5.75 Å². The van der Waals surface area contributed by atoms with Crippen molar-refractivity contribution in [3.8, 4) is 23.4 Å². The van der Waals surface area contributed by atoms with E-state index in [2.05, 4.69) is 56.4 Å². The molecule has 9 nitrogen and oxygen atoms in total. The number of aromatic amines is 1. The largest absolute Gasteiger partial charge is 0.497 e. The molecule has 1 unspecified atom stereocenters. The van der Waals surface area contributed by atoms with Crippen LogP contribution in [0.1, 0.15) is 36.1 Å². The minimum absolute atomic E-state index is 0.00867. The number of aryl methyl sites for hydroxylation is 1. The first kappa shape index (κ1) is 25.7. The molecule has 0 aliphatic carbocycles. The minimum Gasteiger partial charge on any atom is -0.497 e. The predicted molar refractivity (Wildman–Crippen MR) is 146 cm³/mol. The highest BCUT2D eigenvalue weighted by atomic mass is 16.5. The van der Waals surface area contributed by atoms with Gasteiger partial charge < -0.3 is 33.7 Å². The fourth-order valence-electron chi connectivity index (χ4n) is 5.60. The number of hydrogen-bond acceptors (Lipinski definition) is 6. The number of benzene rings is 2. The SMILES string of the molecule is CCOc1cc2c(cc1OC)CCN(/C(=N/C#N)N1CCOCC1)C2CCc1c[nH]c2ccc(OC)cc12. The second-order valence-electron chi connectivity index (χ2n) is 9.47. The van der Waals surface area contributed by atoms with Crippen molar-refractivity contribution in [2.24, 2.45) is 4.99 Å². The standard InChI is InChI=1S/C29H35N5O4/c1-4-38-28-17-24-20(15-27(28)36-3)9-10-34(29(32-19-30)33-11-13-37-14-12-33)26(24)8-5-21-18-31-25-7-6-22(35-2)16-23(21)25/h6-7,15-18,26,31H,4-5,8-14H2,1-3H3/b32-29+. The zero-order valence-electron chi connectivity index (χ0n) is 22.3. The smallest absolute Gasteiger partial charge is 0.213 e. The van der Waals surface area contributed by atoms with Crippen LogP contribution in [-0.4, -0.2) is 74.4 Å². The summed E-state index contributed by atoms with van der Waals surface area (Å²) in [6.45, 7) is 5.97. The molecular weight excluding hydrogens is 482 g/mol. The van der Waals surface area contributed by atoms with E-state index in [1.165, 1.54) is 16.7 Å². The van der Waals surface area contributed by atoms with Crippen molar-refractivity contribution in [1.82, 2.24) is 14.8 Å². The van der Waals surface area contributed by atoms with Crippen LogP contribution >= 0.6 is 0 Å². The molecule has 0 bridgehead atoms. The summed E-state index contributed by atoms with van der Waals surface area (Å²) in [4.78, 5) is 12.2. The molecule has 2 aliphatic rings. The minimum atomic E-state index is 0.00867. The van der Waals surface area contributed by atoms with Crippen molar-refractivity contribution in [2.75, 3.05) is 53.7 Å². The number of aliphatic imine (C=N–C) groups is 1. The zero-order valence-corrected chi connectivity index (χ0v) is 22.3. The third-order valence-corrected chi connectivity index (χ3v) is 7.45. The Kier molecular flexibility index (Phi) is 7.89. The molecule has 2 aliphatic heterocycles. The topological polar surface area (TPSA) is 95.3 Å². The monoisotopic (exact) mass is 517 g/mol. The van der Waals surface area contributed by atoms with E-state index in [0.29, 0.717) is 32.9 Å². The molecule has 2 aromatic carbocycles. The van der Waals surface area contributed by atoms with Crippen LogP contribution in [0.15, 0.2) is 41.5 Å². The molecule has 1 fully saturated rings. The number of nitrogens with zero attached hydrogens (tertiary/aromatic N) is 4. The Hall–Kier alpha value is -3.90. The van der Waals surface area contributed by atoms with E-state index in [0.717, 1.165) is 59.9 Å². The molecule has 1 atom stereocenters. The Morgan fingerprint density at radius 3 is 2.71 bits per heavy atom. The average Bonchev–Trinajstić information content (AvgIpc) is 3.37. The molecule has 3 aromatic rings. The third-order valence-electron chi connectivity index (χ3n) is 7.45. The van der Waals surface area contributed by atoms with Gasteiger partial charge in [-0.2, -0.15) is 5.26 Å². The summed E-state index contributed by atoms with van der Waals surface area (Å²) >= 11 is 0. The number of nitrogens with one attached hydrogen (secondary N) is 1. The van der Waals surface area contributed by atoms with E-state index >= 15 is 0 Å². The van der Waals surface area contributed by atoms with Crippen LogP contribution < -0.4 is 14.2 Å². The van der Waals surface area contributed by atoms with Crippen LogP contribution in [0.4, 0.5) is 0 Å². The Morgan fingerprint density at radius 1 is 1.13 bits per heavy atom. The first-order valence-corrected chi connectivity index (χ1v) is 13.2. The van der Waals surface area contributed by atoms with Gasteiger partial charge in [-0.1, -0.05) is 0 Å². The lowest BCUT2D eigenvalue weighted by Gasteiger charge is -2.43. The second kappa shape index (κ2) is 11.7. The lowest BCUT2D eigenvalue weighted by Crippen LogP contribution is -2.52. The van der Waals surface area contributed by atoms with Gasteiger partial charge >= 0.3 is 0 Å². The van der Waals surface area contributed by atoms with E-state index in [9.17, 15) is 5.26 Å². The molecule has 5 rings (SSSR count). The highest BCUT2D eigenvalue weighted by Gasteiger charge is 2.34. The quantitative estimate of drug-likeness (QED) is 0.284. The number of morpholine rings is 1. The van der Waals surface area contributed by atoms with Crippen LogP contribution in [0, 0.1) is 11.5 Å². The van der Waals surface area contributed by atoms with Crippen molar-refractivity contribution in [1.29, 1.82) is 5.26 Å². The molecular formula is C29H35N5O4. The van der Waals surface area contributed by atoms with Gasteiger partial charge in [0.05, 0.1) is 40.1 Å². The molecule has 0 radical (unpaired) electrons. The van der Waals surface area contributed by atoms with E-state index in [4.69, 9.17) is 18.9 Å². The first-order valence-electron chi connectivity index (χ1n) is 13.2. The number of fused-ring (bicyclic) bond motifs is 2. The van der Waals surface area contributed by atoms with Gasteiger partial charge in [0.2, 0.25) is 12.2 Å². The number of methoxy groups -OCH3 is 2. The third kappa shape index (κ3) is 5.09. The maximum atomic E-state index is 9.64. The highest BCUT2D eigenvalue weighted by molar-refractivity contribution is 5.85. The predicted octanol–water partition coefficient (Wildman–Crippen LogP) is 4.29. The Bertz CT molecular complexity index is 1340. The molecule has 1 N–H and O–H groups in total. The molecule has 200 valence electrons. The summed E-state index contributed by atoms with van der Waals surface area (Å²) in [7, 11) is 3.37. The second-order valence-corrected chi connectivity index (χ2v) is 9.47. The zero-order chi connectivity index (χ0) is 26.5. The number of aromatic nitrogens is 1.